The smallest absolute Gasteiger partial charge is 0.256 e. The van der Waals surface area contributed by atoms with E-state index < -0.39 is 0 Å². The first-order valence-electron chi connectivity index (χ1n) is 26.9. The summed E-state index contributed by atoms with van der Waals surface area (Å²) in [4.78, 5) is 2.94. The zero-order chi connectivity index (χ0) is 48.3. The van der Waals surface area contributed by atoms with Gasteiger partial charge in [-0.3, -0.25) is 0 Å². The fraction of sp³-hybridized carbons (Fsp3) is 0.206. The molecule has 0 N–H and O–H groups in total. The van der Waals surface area contributed by atoms with Crippen molar-refractivity contribution in [2.75, 3.05) is 4.90 Å². The first-order chi connectivity index (χ1) is 35.7. The maximum Gasteiger partial charge on any atom is 0.256 e. The molecule has 0 atom stereocenters. The van der Waals surface area contributed by atoms with Crippen molar-refractivity contribution in [2.24, 2.45) is 17.8 Å². The van der Waals surface area contributed by atoms with Crippen molar-refractivity contribution in [3.63, 3.8) is 0 Å². The number of hydrogen-bond donors (Lipinski definition) is 0. The van der Waals surface area contributed by atoms with Crippen LogP contribution in [0.2, 0.25) is 0 Å². The minimum atomic E-state index is -0.0890. The topological polar surface area (TPSA) is 22.3 Å². The van der Waals surface area contributed by atoms with Gasteiger partial charge in [-0.1, -0.05) is 154 Å². The van der Waals surface area contributed by atoms with Gasteiger partial charge in [-0.2, -0.15) is 0 Å². The van der Waals surface area contributed by atoms with E-state index in [9.17, 15) is 0 Å². The second-order valence-corrected chi connectivity index (χ2v) is 23.5. The van der Waals surface area contributed by atoms with E-state index >= 15 is 0 Å². The highest BCUT2D eigenvalue weighted by atomic mass is 16.5. The van der Waals surface area contributed by atoms with E-state index in [-0.39, 0.29) is 17.7 Å². The monoisotopic (exact) mass is 941 g/mol. The first kappa shape index (κ1) is 41.8. The zero-order valence-corrected chi connectivity index (χ0v) is 41.8. The highest BCUT2D eigenvalue weighted by Crippen LogP contribution is 2.61. The molecule has 4 aliphatic carbocycles. The summed E-state index contributed by atoms with van der Waals surface area (Å²) in [5.41, 5.74) is 19.9. The summed E-state index contributed by atoms with van der Waals surface area (Å²) in [5, 5.41) is 5.09. The van der Waals surface area contributed by atoms with Gasteiger partial charge in [0.05, 0.1) is 22.1 Å². The lowest BCUT2D eigenvalue weighted by Crippen LogP contribution is -2.66. The van der Waals surface area contributed by atoms with Crippen LogP contribution in [0.25, 0.3) is 77.2 Å². The standard InChI is InChI=1S/C68H56BN3O/c1-67(2,3)48-27-25-45(26-28-48)47-34-63-65-64(35-47)73-66-55(46-15-5-4-6-16-46)36-50(71-60-23-13-9-19-53(60)54-20-10-14-24-61(54)71)37-57(66)69(65)56-30-29-49(70-58-21-11-7-17-51(58)52-18-8-12-22-59(52)70)38-62(56)72(63)68-39-42-31-43(40-68)33-44(32-42)41-68/h4-30,34-38,42-44H,31-33,39-41H2,1-3H3. The van der Waals surface area contributed by atoms with Crippen LogP contribution in [0, 0.1) is 17.8 Å². The summed E-state index contributed by atoms with van der Waals surface area (Å²) in [7, 11) is 0. The van der Waals surface area contributed by atoms with Gasteiger partial charge in [0, 0.05) is 55.4 Å². The van der Waals surface area contributed by atoms with Crippen LogP contribution in [0.3, 0.4) is 0 Å². The third-order valence-electron chi connectivity index (χ3n) is 18.2. The number of ether oxygens (including phenoxy) is 1. The molecule has 0 amide bonds. The molecule has 0 spiro atoms. The summed E-state index contributed by atoms with van der Waals surface area (Å²) < 4.78 is 12.7. The molecule has 17 rings (SSSR count). The van der Waals surface area contributed by atoms with E-state index in [4.69, 9.17) is 4.74 Å². The van der Waals surface area contributed by atoms with Crippen molar-refractivity contribution in [2.45, 2.75) is 70.3 Å². The van der Waals surface area contributed by atoms with Gasteiger partial charge in [-0.25, -0.2) is 0 Å². The van der Waals surface area contributed by atoms with E-state index in [1.54, 1.807) is 0 Å². The van der Waals surface area contributed by atoms with Crippen LogP contribution >= 0.6 is 0 Å². The average Bonchev–Trinajstić information content (AvgIpc) is 3.93. The molecule has 6 aliphatic rings. The number of fused-ring (bicyclic) bond motifs is 10. The third-order valence-corrected chi connectivity index (χ3v) is 18.2. The number of aromatic nitrogens is 2. The van der Waals surface area contributed by atoms with Crippen molar-refractivity contribution in [1.82, 2.24) is 9.13 Å². The van der Waals surface area contributed by atoms with Gasteiger partial charge in [-0.15, -0.1) is 0 Å². The highest BCUT2D eigenvalue weighted by molar-refractivity contribution is 6.99. The third kappa shape index (κ3) is 6.09. The molecule has 4 nitrogen and oxygen atoms in total. The average molecular weight is 942 g/mol. The molecule has 73 heavy (non-hydrogen) atoms. The Balaban J connectivity index is 1.01. The van der Waals surface area contributed by atoms with E-state index in [0.717, 1.165) is 46.1 Å². The summed E-state index contributed by atoms with van der Waals surface area (Å²) in [5.74, 6) is 4.20. The lowest BCUT2D eigenvalue weighted by molar-refractivity contribution is 0.000632. The Morgan fingerprint density at radius 2 is 1.00 bits per heavy atom. The molecule has 4 saturated carbocycles. The van der Waals surface area contributed by atoms with Crippen molar-refractivity contribution >= 4 is 78.1 Å². The number of rotatable bonds is 5. The maximum absolute atomic E-state index is 7.72. The van der Waals surface area contributed by atoms with Gasteiger partial charge < -0.3 is 18.8 Å². The second-order valence-electron chi connectivity index (χ2n) is 23.5. The summed E-state index contributed by atoms with van der Waals surface area (Å²) in [6, 6.07) is 73.5. The molecule has 4 fully saturated rings. The molecular formula is C68H56BN3O. The van der Waals surface area contributed by atoms with Gasteiger partial charge in [0.1, 0.15) is 11.5 Å². The Hall–Kier alpha value is -7.76. The van der Waals surface area contributed by atoms with Crippen LogP contribution in [-0.2, 0) is 5.41 Å². The Morgan fingerprint density at radius 3 is 1.56 bits per heavy atom. The zero-order valence-electron chi connectivity index (χ0n) is 41.8. The number of benzene rings is 9. The largest absolute Gasteiger partial charge is 0.458 e. The van der Waals surface area contributed by atoms with E-state index in [1.807, 2.05) is 0 Å². The fourth-order valence-corrected chi connectivity index (χ4v) is 15.5. The van der Waals surface area contributed by atoms with Gasteiger partial charge in [0.25, 0.3) is 6.71 Å². The van der Waals surface area contributed by atoms with Gasteiger partial charge >= 0.3 is 0 Å². The van der Waals surface area contributed by atoms with Crippen LogP contribution in [0.4, 0.5) is 11.4 Å². The molecule has 0 unspecified atom stereocenters. The van der Waals surface area contributed by atoms with Crippen molar-refractivity contribution in [3.05, 3.63) is 200 Å². The lowest BCUT2D eigenvalue weighted by atomic mass is 9.33. The highest BCUT2D eigenvalue weighted by Gasteiger charge is 2.57. The summed E-state index contributed by atoms with van der Waals surface area (Å²) in [6.45, 7) is 6.83. The minimum absolute atomic E-state index is 0.00328. The van der Waals surface area contributed by atoms with Gasteiger partial charge in [-0.05, 0) is 161 Å². The molecule has 4 heterocycles. The van der Waals surface area contributed by atoms with Crippen LogP contribution in [0.15, 0.2) is 194 Å². The molecule has 0 radical (unpaired) electrons. The number of para-hydroxylation sites is 4. The molecule has 5 heteroatoms. The Bertz CT molecular complexity index is 3960. The van der Waals surface area contributed by atoms with Crippen molar-refractivity contribution in [1.29, 1.82) is 0 Å². The molecule has 0 saturated heterocycles. The Morgan fingerprint density at radius 1 is 0.466 bits per heavy atom. The number of hydrogen-bond acceptors (Lipinski definition) is 2. The fourth-order valence-electron chi connectivity index (χ4n) is 15.5. The molecule has 352 valence electrons. The van der Waals surface area contributed by atoms with Gasteiger partial charge in [0.15, 0.2) is 0 Å². The van der Waals surface area contributed by atoms with Crippen LogP contribution in [-0.4, -0.2) is 21.4 Å². The predicted molar refractivity (Wildman–Crippen MR) is 305 cm³/mol. The second kappa shape index (κ2) is 15.1. The lowest BCUT2D eigenvalue weighted by Gasteiger charge is -2.62. The van der Waals surface area contributed by atoms with Crippen LogP contribution in [0.5, 0.6) is 11.5 Å². The predicted octanol–water partition coefficient (Wildman–Crippen LogP) is 15.6. The quantitative estimate of drug-likeness (QED) is 0.160. The molecule has 11 aromatic rings. The molecule has 2 aliphatic heterocycles. The summed E-state index contributed by atoms with van der Waals surface area (Å²) >= 11 is 0. The number of anilines is 2. The van der Waals surface area contributed by atoms with E-state index in [0.29, 0.717) is 0 Å². The molecular weight excluding hydrogens is 886 g/mol. The van der Waals surface area contributed by atoms with Crippen LogP contribution < -0.4 is 26.0 Å². The van der Waals surface area contributed by atoms with Crippen LogP contribution in [0.1, 0.15) is 64.9 Å². The van der Waals surface area contributed by atoms with E-state index in [2.05, 4.69) is 229 Å². The Kier molecular flexibility index (Phi) is 8.68. The first-order valence-corrected chi connectivity index (χ1v) is 26.9. The Labute approximate surface area is 427 Å². The maximum atomic E-state index is 7.72. The normalized spacial score (nSPS) is 20.5. The van der Waals surface area contributed by atoms with Crippen molar-refractivity contribution in [3.8, 4) is 45.1 Å². The molecule has 4 bridgehead atoms. The molecule has 9 aromatic carbocycles. The molecule has 2 aromatic heterocycles. The minimum Gasteiger partial charge on any atom is -0.458 e. The SMILES string of the molecule is CC(C)(C)c1ccc(-c2cc3c4c(c2)N(C25CC6CC(CC(C6)C2)C5)c2cc(-n5c6ccccc6c6ccccc65)ccc2B4c2cc(-n4c5ccccc5c5ccccc54)cc(-c4ccccc4)c2O3)cc1. The summed E-state index contributed by atoms with van der Waals surface area (Å²) in [6.07, 6.45) is 7.84. The number of nitrogens with zero attached hydrogens (tertiary/aromatic N) is 3. The van der Waals surface area contributed by atoms with Crippen molar-refractivity contribution < 1.29 is 4.74 Å². The van der Waals surface area contributed by atoms with E-state index in [1.165, 1.54) is 132 Å². The van der Waals surface area contributed by atoms with Gasteiger partial charge in [0.2, 0.25) is 0 Å².